The van der Waals surface area contributed by atoms with Gasteiger partial charge < -0.3 is 5.32 Å². The number of thioether (sulfide) groups is 1. The van der Waals surface area contributed by atoms with E-state index in [0.717, 1.165) is 59.1 Å². The van der Waals surface area contributed by atoms with Crippen LogP contribution in [0.15, 0.2) is 23.2 Å². The first-order valence-corrected chi connectivity index (χ1v) is 11.8. The maximum atomic E-state index is 13.0. The van der Waals surface area contributed by atoms with Crippen LogP contribution in [0, 0.1) is 6.92 Å². The summed E-state index contributed by atoms with van der Waals surface area (Å²) in [5, 5.41) is 3.72. The molecule has 2 aromatic heterocycles. The monoisotopic (exact) mass is 485 g/mol. The van der Waals surface area contributed by atoms with Crippen LogP contribution in [0.1, 0.15) is 41.6 Å². The van der Waals surface area contributed by atoms with Crippen LogP contribution in [0.4, 0.5) is 18.9 Å². The lowest BCUT2D eigenvalue weighted by Gasteiger charge is -2.16. The number of halogens is 4. The Morgan fingerprint density at radius 1 is 1.26 bits per heavy atom. The van der Waals surface area contributed by atoms with Gasteiger partial charge in [0.25, 0.3) is 0 Å². The van der Waals surface area contributed by atoms with Gasteiger partial charge >= 0.3 is 6.18 Å². The number of carbonyl (C=O) groups excluding carboxylic acids is 1. The van der Waals surface area contributed by atoms with Gasteiger partial charge in [0, 0.05) is 10.3 Å². The second kappa shape index (κ2) is 8.60. The molecule has 10 heteroatoms. The summed E-state index contributed by atoms with van der Waals surface area (Å²) in [6.45, 7) is 3.51. The normalized spacial score (nSPS) is 15.0. The zero-order chi connectivity index (χ0) is 22.3. The molecule has 0 spiro atoms. The summed E-state index contributed by atoms with van der Waals surface area (Å²) >= 11 is 8.98. The van der Waals surface area contributed by atoms with E-state index in [1.54, 1.807) is 18.3 Å². The highest BCUT2D eigenvalue weighted by Crippen LogP contribution is 2.41. The molecule has 0 fully saturated rings. The molecule has 4 rings (SSSR count). The second-order valence-electron chi connectivity index (χ2n) is 7.41. The number of carbonyl (C=O) groups is 1. The Hall–Kier alpha value is -1.84. The van der Waals surface area contributed by atoms with Crippen LogP contribution < -0.4 is 5.32 Å². The van der Waals surface area contributed by atoms with E-state index in [2.05, 4.69) is 15.3 Å². The van der Waals surface area contributed by atoms with E-state index < -0.39 is 22.9 Å². The number of nitrogens with one attached hydrogen (secondary N) is 1. The van der Waals surface area contributed by atoms with E-state index in [1.807, 2.05) is 6.92 Å². The van der Waals surface area contributed by atoms with Gasteiger partial charge in [0.15, 0.2) is 0 Å². The van der Waals surface area contributed by atoms with Gasteiger partial charge in [-0.05, 0) is 63.3 Å². The Labute approximate surface area is 190 Å². The first kappa shape index (κ1) is 22.4. The Morgan fingerprint density at radius 2 is 2.00 bits per heavy atom. The summed E-state index contributed by atoms with van der Waals surface area (Å²) in [6, 6.07) is 2.86. The Bertz CT molecular complexity index is 1160. The summed E-state index contributed by atoms with van der Waals surface area (Å²) in [5.41, 5.74) is 0.332. The van der Waals surface area contributed by atoms with Gasteiger partial charge in [0.05, 0.1) is 21.5 Å². The highest BCUT2D eigenvalue weighted by atomic mass is 35.5. The van der Waals surface area contributed by atoms with Crippen LogP contribution in [0.2, 0.25) is 5.02 Å². The number of thiophene rings is 1. The molecule has 0 aliphatic heterocycles. The largest absolute Gasteiger partial charge is 0.416 e. The standard InChI is InChI=1S/C21H19ClF3N3OS2/c1-10(18(29)28-15-9-12(21(23,24)25)7-8-14(15)22)30-19-17-13-5-3-4-6-16(13)31-20(17)27-11(2)26-19/h7-10H,3-6H2,1-2H3,(H,28,29). The summed E-state index contributed by atoms with van der Waals surface area (Å²) in [4.78, 5) is 24.2. The predicted octanol–water partition coefficient (Wildman–Crippen LogP) is 6.67. The molecule has 0 saturated heterocycles. The number of amides is 1. The van der Waals surface area contributed by atoms with Crippen molar-refractivity contribution < 1.29 is 18.0 Å². The third kappa shape index (κ3) is 4.68. The lowest BCUT2D eigenvalue weighted by atomic mass is 9.97. The topological polar surface area (TPSA) is 54.9 Å². The van der Waals surface area contributed by atoms with Crippen molar-refractivity contribution in [3.8, 4) is 0 Å². The van der Waals surface area contributed by atoms with E-state index in [-0.39, 0.29) is 10.7 Å². The lowest BCUT2D eigenvalue weighted by Crippen LogP contribution is -2.23. The van der Waals surface area contributed by atoms with Crippen molar-refractivity contribution in [1.29, 1.82) is 0 Å². The quantitative estimate of drug-likeness (QED) is 0.331. The average molecular weight is 486 g/mol. The fourth-order valence-electron chi connectivity index (χ4n) is 3.56. The molecule has 1 aliphatic carbocycles. The molecule has 2 heterocycles. The Balaban J connectivity index is 1.59. The van der Waals surface area contributed by atoms with Gasteiger partial charge in [-0.1, -0.05) is 23.4 Å². The fourth-order valence-corrected chi connectivity index (χ4v) is 6.12. The van der Waals surface area contributed by atoms with Crippen LogP contribution in [-0.2, 0) is 23.8 Å². The molecule has 0 bridgehead atoms. The average Bonchev–Trinajstić information content (AvgIpc) is 3.06. The predicted molar refractivity (Wildman–Crippen MR) is 119 cm³/mol. The molecule has 164 valence electrons. The minimum absolute atomic E-state index is 0.0470. The number of hydrogen-bond acceptors (Lipinski definition) is 5. The smallest absolute Gasteiger partial charge is 0.324 e. The summed E-state index contributed by atoms with van der Waals surface area (Å²) in [5.74, 6) is 0.182. The first-order chi connectivity index (χ1) is 14.6. The second-order valence-corrected chi connectivity index (χ2v) is 10.2. The van der Waals surface area contributed by atoms with Gasteiger partial charge in [-0.25, -0.2) is 9.97 Å². The fraction of sp³-hybridized carbons (Fsp3) is 0.381. The van der Waals surface area contributed by atoms with Gasteiger partial charge in [-0.2, -0.15) is 13.2 Å². The van der Waals surface area contributed by atoms with E-state index in [9.17, 15) is 18.0 Å². The van der Waals surface area contributed by atoms with Crippen molar-refractivity contribution in [3.63, 3.8) is 0 Å². The maximum absolute atomic E-state index is 13.0. The molecule has 1 N–H and O–H groups in total. The Morgan fingerprint density at radius 3 is 2.74 bits per heavy atom. The summed E-state index contributed by atoms with van der Waals surface area (Å²) in [6.07, 6.45) is -0.252. The molecule has 0 radical (unpaired) electrons. The number of nitrogens with zero attached hydrogens (tertiary/aromatic N) is 2. The number of benzene rings is 1. The number of alkyl halides is 3. The van der Waals surface area contributed by atoms with Crippen molar-refractivity contribution >= 4 is 56.5 Å². The highest BCUT2D eigenvalue weighted by molar-refractivity contribution is 8.00. The van der Waals surface area contributed by atoms with Crippen LogP contribution in [-0.4, -0.2) is 21.1 Å². The third-order valence-corrected chi connectivity index (χ3v) is 7.70. The van der Waals surface area contributed by atoms with E-state index in [1.165, 1.54) is 22.2 Å². The van der Waals surface area contributed by atoms with Gasteiger partial charge in [0.1, 0.15) is 15.7 Å². The van der Waals surface area contributed by atoms with E-state index in [4.69, 9.17) is 11.6 Å². The molecular formula is C21H19ClF3N3OS2. The molecular weight excluding hydrogens is 467 g/mol. The minimum atomic E-state index is -4.52. The summed E-state index contributed by atoms with van der Waals surface area (Å²) < 4.78 is 39.0. The SMILES string of the molecule is Cc1nc(SC(C)C(=O)Nc2cc(C(F)(F)F)ccc2Cl)c2c3c(sc2n1)CCCC3. The summed E-state index contributed by atoms with van der Waals surface area (Å²) in [7, 11) is 0. The van der Waals surface area contributed by atoms with Crippen LogP contribution in [0.5, 0.6) is 0 Å². The van der Waals surface area contributed by atoms with Crippen molar-refractivity contribution in [3.05, 3.63) is 45.1 Å². The number of hydrogen-bond donors (Lipinski definition) is 1. The van der Waals surface area contributed by atoms with Crippen molar-refractivity contribution in [1.82, 2.24) is 9.97 Å². The molecule has 0 saturated carbocycles. The molecule has 1 aliphatic rings. The van der Waals surface area contributed by atoms with Gasteiger partial charge in [-0.15, -0.1) is 11.3 Å². The molecule has 1 amide bonds. The molecule has 4 nitrogen and oxygen atoms in total. The number of anilines is 1. The Kier molecular flexibility index (Phi) is 6.20. The lowest BCUT2D eigenvalue weighted by molar-refractivity contribution is -0.137. The number of fused-ring (bicyclic) bond motifs is 3. The van der Waals surface area contributed by atoms with Gasteiger partial charge in [0.2, 0.25) is 5.91 Å². The molecule has 31 heavy (non-hydrogen) atoms. The van der Waals surface area contributed by atoms with E-state index in [0.29, 0.717) is 5.82 Å². The molecule has 1 aromatic carbocycles. The zero-order valence-corrected chi connectivity index (χ0v) is 19.2. The highest BCUT2D eigenvalue weighted by Gasteiger charge is 2.31. The third-order valence-electron chi connectivity index (χ3n) is 5.10. The van der Waals surface area contributed by atoms with Gasteiger partial charge in [-0.3, -0.25) is 4.79 Å². The zero-order valence-electron chi connectivity index (χ0n) is 16.8. The number of aryl methyl sites for hydroxylation is 3. The van der Waals surface area contributed by atoms with Crippen LogP contribution >= 0.6 is 34.7 Å². The minimum Gasteiger partial charge on any atom is -0.324 e. The molecule has 1 unspecified atom stereocenters. The number of aromatic nitrogens is 2. The number of rotatable bonds is 4. The maximum Gasteiger partial charge on any atom is 0.416 e. The van der Waals surface area contributed by atoms with Crippen molar-refractivity contribution in [2.24, 2.45) is 0 Å². The van der Waals surface area contributed by atoms with Crippen molar-refractivity contribution in [2.75, 3.05) is 5.32 Å². The van der Waals surface area contributed by atoms with Crippen LogP contribution in [0.3, 0.4) is 0 Å². The molecule has 1 atom stereocenters. The van der Waals surface area contributed by atoms with E-state index >= 15 is 0 Å². The van der Waals surface area contributed by atoms with Crippen molar-refractivity contribution in [2.45, 2.75) is 56.0 Å². The van der Waals surface area contributed by atoms with Crippen LogP contribution in [0.25, 0.3) is 10.2 Å². The molecule has 3 aromatic rings. The first-order valence-electron chi connectivity index (χ1n) is 9.76.